The molecule has 0 fully saturated rings. The van der Waals surface area contributed by atoms with Crippen LogP contribution >= 0.6 is 0 Å². The summed E-state index contributed by atoms with van der Waals surface area (Å²) in [4.78, 5) is 28.2. The summed E-state index contributed by atoms with van der Waals surface area (Å²) in [5.41, 5.74) is 0.413. The van der Waals surface area contributed by atoms with Gasteiger partial charge in [-0.1, -0.05) is 44.2 Å². The van der Waals surface area contributed by atoms with E-state index in [0.29, 0.717) is 13.0 Å². The second-order valence-corrected chi connectivity index (χ2v) is 6.38. The fourth-order valence-corrected chi connectivity index (χ4v) is 2.78. The van der Waals surface area contributed by atoms with Crippen LogP contribution < -0.4 is 11.2 Å². The molecule has 0 aliphatic heterocycles. The highest BCUT2D eigenvalue weighted by atomic mass is 16.3. The third kappa shape index (κ3) is 4.35. The molecule has 0 saturated heterocycles. The highest BCUT2D eigenvalue weighted by Crippen LogP contribution is 2.19. The molecule has 6 nitrogen and oxygen atoms in total. The van der Waals surface area contributed by atoms with Gasteiger partial charge in [0.25, 0.3) is 5.56 Å². The average molecular weight is 331 g/mol. The van der Waals surface area contributed by atoms with Crippen LogP contribution in [0, 0.1) is 0 Å². The molecule has 2 rings (SSSR count). The predicted molar refractivity (Wildman–Crippen MR) is 94.5 cm³/mol. The van der Waals surface area contributed by atoms with Gasteiger partial charge < -0.3 is 10.0 Å². The first-order valence-corrected chi connectivity index (χ1v) is 8.18. The van der Waals surface area contributed by atoms with Crippen LogP contribution in [-0.4, -0.2) is 33.1 Å². The molecule has 0 aliphatic rings. The third-order valence-corrected chi connectivity index (χ3v) is 4.00. The number of aromatic amines is 1. The Morgan fingerprint density at radius 2 is 1.88 bits per heavy atom. The largest absolute Gasteiger partial charge is 0.494 e. The monoisotopic (exact) mass is 331 g/mol. The molecule has 0 unspecified atom stereocenters. The minimum atomic E-state index is -0.562. The number of hydrogen-bond acceptors (Lipinski definition) is 4. The Morgan fingerprint density at radius 1 is 1.21 bits per heavy atom. The van der Waals surface area contributed by atoms with E-state index in [4.69, 9.17) is 0 Å². The highest BCUT2D eigenvalue weighted by molar-refractivity contribution is 5.25. The summed E-state index contributed by atoms with van der Waals surface area (Å²) in [5, 5.41) is 10.3. The van der Waals surface area contributed by atoms with Crippen LogP contribution in [0.1, 0.15) is 37.3 Å². The highest BCUT2D eigenvalue weighted by Gasteiger charge is 2.16. The van der Waals surface area contributed by atoms with Gasteiger partial charge in [0.05, 0.1) is 5.56 Å². The van der Waals surface area contributed by atoms with Gasteiger partial charge in [0.15, 0.2) is 0 Å². The molecule has 6 heteroatoms. The molecule has 0 spiro atoms. The van der Waals surface area contributed by atoms with Crippen molar-refractivity contribution in [3.63, 3.8) is 0 Å². The molecule has 0 radical (unpaired) electrons. The van der Waals surface area contributed by atoms with Crippen molar-refractivity contribution in [3.05, 3.63) is 62.3 Å². The van der Waals surface area contributed by atoms with Gasteiger partial charge in [0, 0.05) is 13.1 Å². The van der Waals surface area contributed by atoms with Crippen molar-refractivity contribution >= 4 is 0 Å². The Morgan fingerprint density at radius 3 is 2.50 bits per heavy atom. The van der Waals surface area contributed by atoms with E-state index < -0.39 is 11.2 Å². The van der Waals surface area contributed by atoms with Crippen LogP contribution in [0.4, 0.5) is 0 Å². The Labute approximate surface area is 141 Å². The summed E-state index contributed by atoms with van der Waals surface area (Å²) in [5.74, 6) is -0.370. The van der Waals surface area contributed by atoms with Crippen LogP contribution in [0.15, 0.2) is 39.9 Å². The zero-order valence-corrected chi connectivity index (χ0v) is 14.5. The van der Waals surface area contributed by atoms with Crippen molar-refractivity contribution < 1.29 is 5.11 Å². The SMILES string of the molecule is CC(C)c1c(O)n(CCCN(C)Cc2ccccc2)c(=O)[nH]c1=O. The number of aromatic hydroxyl groups is 1. The fraction of sp³-hybridized carbons (Fsp3) is 0.444. The first-order chi connectivity index (χ1) is 11.4. The molecule has 130 valence electrons. The number of rotatable bonds is 7. The molecule has 0 aliphatic carbocycles. The Balaban J connectivity index is 2.01. The minimum absolute atomic E-state index is 0.152. The van der Waals surface area contributed by atoms with Crippen molar-refractivity contribution in [2.75, 3.05) is 13.6 Å². The molecule has 1 heterocycles. The molecular weight excluding hydrogens is 306 g/mol. The Hall–Kier alpha value is -2.34. The van der Waals surface area contributed by atoms with E-state index in [1.54, 1.807) is 0 Å². The van der Waals surface area contributed by atoms with Crippen molar-refractivity contribution in [1.82, 2.24) is 14.5 Å². The van der Waals surface area contributed by atoms with E-state index in [1.165, 1.54) is 10.1 Å². The summed E-state index contributed by atoms with van der Waals surface area (Å²) < 4.78 is 1.24. The van der Waals surface area contributed by atoms with Crippen molar-refractivity contribution in [1.29, 1.82) is 0 Å². The van der Waals surface area contributed by atoms with E-state index in [-0.39, 0.29) is 17.4 Å². The number of hydrogen-bond donors (Lipinski definition) is 2. The maximum atomic E-state index is 11.9. The zero-order chi connectivity index (χ0) is 17.7. The van der Waals surface area contributed by atoms with Gasteiger partial charge in [0.2, 0.25) is 5.88 Å². The van der Waals surface area contributed by atoms with Gasteiger partial charge in [-0.3, -0.25) is 14.3 Å². The van der Waals surface area contributed by atoms with E-state index in [9.17, 15) is 14.7 Å². The number of aromatic nitrogens is 2. The van der Waals surface area contributed by atoms with Crippen LogP contribution in [0.3, 0.4) is 0 Å². The smallest absolute Gasteiger partial charge is 0.331 e. The lowest BCUT2D eigenvalue weighted by Crippen LogP contribution is -2.33. The lowest BCUT2D eigenvalue weighted by molar-refractivity contribution is 0.305. The molecule has 0 amide bonds. The summed E-state index contributed by atoms with van der Waals surface area (Å²) in [6.07, 6.45) is 0.695. The van der Waals surface area contributed by atoms with Gasteiger partial charge >= 0.3 is 5.69 Å². The van der Waals surface area contributed by atoms with Gasteiger partial charge in [-0.2, -0.15) is 0 Å². The molecule has 0 saturated carbocycles. The summed E-state index contributed by atoms with van der Waals surface area (Å²) in [6, 6.07) is 10.2. The average Bonchev–Trinajstić information content (AvgIpc) is 2.50. The van der Waals surface area contributed by atoms with Crippen LogP contribution in [0.5, 0.6) is 5.88 Å². The van der Waals surface area contributed by atoms with Crippen LogP contribution in [-0.2, 0) is 13.1 Å². The lowest BCUT2D eigenvalue weighted by Gasteiger charge is -2.18. The first-order valence-electron chi connectivity index (χ1n) is 8.18. The maximum Gasteiger partial charge on any atom is 0.331 e. The van der Waals surface area contributed by atoms with Crippen LogP contribution in [0.25, 0.3) is 0 Å². The van der Waals surface area contributed by atoms with E-state index >= 15 is 0 Å². The number of nitrogens with one attached hydrogen (secondary N) is 1. The zero-order valence-electron chi connectivity index (χ0n) is 14.5. The molecule has 1 aromatic heterocycles. The van der Waals surface area contributed by atoms with Gasteiger partial charge in [0.1, 0.15) is 0 Å². The molecular formula is C18H25N3O3. The Kier molecular flexibility index (Phi) is 5.98. The van der Waals surface area contributed by atoms with Crippen molar-refractivity contribution in [3.8, 4) is 5.88 Å². The molecule has 1 aromatic carbocycles. The first kappa shape index (κ1) is 18.0. The van der Waals surface area contributed by atoms with Gasteiger partial charge in [-0.25, -0.2) is 4.79 Å². The summed E-state index contributed by atoms with van der Waals surface area (Å²) in [7, 11) is 2.02. The van der Waals surface area contributed by atoms with E-state index in [1.807, 2.05) is 39.1 Å². The summed E-state index contributed by atoms with van der Waals surface area (Å²) >= 11 is 0. The normalized spacial score (nSPS) is 11.4. The maximum absolute atomic E-state index is 11.9. The second-order valence-electron chi connectivity index (χ2n) is 6.38. The van der Waals surface area contributed by atoms with Gasteiger partial charge in [-0.05, 0) is 31.5 Å². The molecule has 0 bridgehead atoms. The van der Waals surface area contributed by atoms with Crippen LogP contribution in [0.2, 0.25) is 0 Å². The summed E-state index contributed by atoms with van der Waals surface area (Å²) in [6.45, 7) is 5.58. The molecule has 2 N–H and O–H groups in total. The van der Waals surface area contributed by atoms with Gasteiger partial charge in [-0.15, -0.1) is 0 Å². The minimum Gasteiger partial charge on any atom is -0.494 e. The topological polar surface area (TPSA) is 78.3 Å². The van der Waals surface area contributed by atoms with Crippen molar-refractivity contribution in [2.24, 2.45) is 0 Å². The lowest BCUT2D eigenvalue weighted by atomic mass is 10.1. The molecule has 0 atom stereocenters. The second kappa shape index (κ2) is 7.97. The fourth-order valence-electron chi connectivity index (χ4n) is 2.78. The number of benzene rings is 1. The predicted octanol–water partition coefficient (Wildman–Crippen LogP) is 1.89. The van der Waals surface area contributed by atoms with Crippen molar-refractivity contribution in [2.45, 2.75) is 39.3 Å². The third-order valence-electron chi connectivity index (χ3n) is 4.00. The Bertz CT molecular complexity index is 778. The van der Waals surface area contributed by atoms with E-state index in [0.717, 1.165) is 13.1 Å². The number of nitrogens with zero attached hydrogens (tertiary/aromatic N) is 2. The quantitative estimate of drug-likeness (QED) is 0.812. The number of H-pyrrole nitrogens is 1. The molecule has 24 heavy (non-hydrogen) atoms. The standard InChI is InChI=1S/C18H25N3O3/c1-13(2)15-16(22)19-18(24)21(17(15)23)11-7-10-20(3)12-14-8-5-4-6-9-14/h4-6,8-9,13,23H,7,10-12H2,1-3H3,(H,19,22,24). The van der Waals surface area contributed by atoms with E-state index in [2.05, 4.69) is 22.0 Å². The molecule has 2 aromatic rings.